The first-order chi connectivity index (χ1) is 10.8. The van der Waals surface area contributed by atoms with Crippen LogP contribution >= 0.6 is 11.6 Å². The Morgan fingerprint density at radius 1 is 1.48 bits per heavy atom. The molecule has 0 bridgehead atoms. The molecule has 1 aromatic carbocycles. The lowest BCUT2D eigenvalue weighted by atomic mass is 9.91. The third kappa shape index (κ3) is 4.52. The fourth-order valence-electron chi connectivity index (χ4n) is 2.51. The minimum Gasteiger partial charge on any atom is -0.493 e. The molecule has 8 heteroatoms. The number of ether oxygens (including phenoxy) is 1. The number of hydrogen-bond donors (Lipinski definition) is 0. The molecular weight excluding hydrogens is 333 g/mol. The standard InChI is InChI=1S/C15H14ClF3N2O2/c16-10-2-3-13-12(8-10)11(4-7-23-13)14(22)21(6-1-5-20)9-15(17,18)19/h2-3,8,11H,1,4,6-7,9H2/t11-/m0/s1. The molecule has 0 unspecified atom stereocenters. The Labute approximate surface area is 136 Å². The Bertz CT molecular complexity index is 628. The summed E-state index contributed by atoms with van der Waals surface area (Å²) in [4.78, 5) is 13.3. The number of halogens is 4. The van der Waals surface area contributed by atoms with Crippen molar-refractivity contribution in [3.63, 3.8) is 0 Å². The van der Waals surface area contributed by atoms with E-state index in [9.17, 15) is 18.0 Å². The van der Waals surface area contributed by atoms with Crippen LogP contribution in [0.5, 0.6) is 5.75 Å². The molecule has 1 amide bonds. The molecule has 0 N–H and O–H groups in total. The minimum atomic E-state index is -4.52. The van der Waals surface area contributed by atoms with Crippen LogP contribution in [0.4, 0.5) is 13.2 Å². The summed E-state index contributed by atoms with van der Waals surface area (Å²) in [5.74, 6) is -0.964. The van der Waals surface area contributed by atoms with E-state index in [0.717, 1.165) is 0 Å². The van der Waals surface area contributed by atoms with Crippen LogP contribution in [-0.2, 0) is 4.79 Å². The predicted octanol–water partition coefficient (Wildman–Crippen LogP) is 3.51. The highest BCUT2D eigenvalue weighted by atomic mass is 35.5. The number of fused-ring (bicyclic) bond motifs is 1. The van der Waals surface area contributed by atoms with Gasteiger partial charge in [-0.2, -0.15) is 18.4 Å². The molecular formula is C15H14ClF3N2O2. The van der Waals surface area contributed by atoms with Crippen LogP contribution in [0.1, 0.15) is 24.3 Å². The smallest absolute Gasteiger partial charge is 0.406 e. The van der Waals surface area contributed by atoms with E-state index in [1.807, 2.05) is 0 Å². The largest absolute Gasteiger partial charge is 0.493 e. The number of amides is 1. The van der Waals surface area contributed by atoms with E-state index in [4.69, 9.17) is 21.6 Å². The predicted molar refractivity (Wildman–Crippen MR) is 77.2 cm³/mol. The Balaban J connectivity index is 2.27. The second-order valence-corrected chi connectivity index (χ2v) is 5.59. The van der Waals surface area contributed by atoms with Gasteiger partial charge < -0.3 is 9.64 Å². The zero-order chi connectivity index (χ0) is 17.0. The van der Waals surface area contributed by atoms with E-state index in [1.165, 1.54) is 6.07 Å². The molecule has 1 heterocycles. The monoisotopic (exact) mass is 346 g/mol. The zero-order valence-corrected chi connectivity index (χ0v) is 12.8. The van der Waals surface area contributed by atoms with Crippen LogP contribution in [0.3, 0.4) is 0 Å². The van der Waals surface area contributed by atoms with E-state index in [1.54, 1.807) is 18.2 Å². The molecule has 0 fully saturated rings. The van der Waals surface area contributed by atoms with Crippen LogP contribution in [-0.4, -0.2) is 36.7 Å². The van der Waals surface area contributed by atoms with E-state index < -0.39 is 24.5 Å². The summed E-state index contributed by atoms with van der Waals surface area (Å²) in [6.45, 7) is -1.40. The van der Waals surface area contributed by atoms with Crippen LogP contribution in [0.2, 0.25) is 5.02 Å². The normalized spacial score (nSPS) is 16.9. The van der Waals surface area contributed by atoms with Gasteiger partial charge >= 0.3 is 6.18 Å². The van der Waals surface area contributed by atoms with Crippen LogP contribution in [0.15, 0.2) is 18.2 Å². The van der Waals surface area contributed by atoms with Crippen molar-refractivity contribution in [2.24, 2.45) is 0 Å². The lowest BCUT2D eigenvalue weighted by Crippen LogP contribution is -2.43. The summed E-state index contributed by atoms with van der Waals surface area (Å²) in [7, 11) is 0. The van der Waals surface area contributed by atoms with E-state index >= 15 is 0 Å². The van der Waals surface area contributed by atoms with Crippen molar-refractivity contribution in [2.45, 2.75) is 24.9 Å². The number of rotatable bonds is 4. The zero-order valence-electron chi connectivity index (χ0n) is 12.1. The molecule has 1 aliphatic heterocycles. The average Bonchev–Trinajstić information content (AvgIpc) is 2.49. The fourth-order valence-corrected chi connectivity index (χ4v) is 2.69. The maximum atomic E-state index is 12.7. The third-order valence-corrected chi connectivity index (χ3v) is 3.72. The second-order valence-electron chi connectivity index (χ2n) is 5.15. The number of nitrogens with zero attached hydrogens (tertiary/aromatic N) is 2. The number of alkyl halides is 3. The summed E-state index contributed by atoms with van der Waals surface area (Å²) in [6.07, 6.45) is -4.41. The number of carbonyl (C=O) groups is 1. The van der Waals surface area contributed by atoms with Crippen molar-refractivity contribution < 1.29 is 22.7 Å². The number of benzene rings is 1. The number of carbonyl (C=O) groups excluding carboxylic acids is 1. The number of hydrogen-bond acceptors (Lipinski definition) is 3. The Morgan fingerprint density at radius 2 is 2.22 bits per heavy atom. The van der Waals surface area contributed by atoms with Crippen LogP contribution in [0.25, 0.3) is 0 Å². The Hall–Kier alpha value is -1.94. The first-order valence-corrected chi connectivity index (χ1v) is 7.34. The van der Waals surface area contributed by atoms with Gasteiger partial charge in [-0.15, -0.1) is 0 Å². The van der Waals surface area contributed by atoms with Gasteiger partial charge in [-0.05, 0) is 24.6 Å². The van der Waals surface area contributed by atoms with E-state index in [0.29, 0.717) is 21.2 Å². The van der Waals surface area contributed by atoms with Crippen molar-refractivity contribution in [1.82, 2.24) is 4.90 Å². The SMILES string of the molecule is N#CCCN(CC(F)(F)F)C(=O)[C@H]1CCOc2ccc(Cl)cc21. The van der Waals surface area contributed by atoms with Crippen molar-refractivity contribution >= 4 is 17.5 Å². The molecule has 0 saturated carbocycles. The van der Waals surface area contributed by atoms with E-state index in [2.05, 4.69) is 0 Å². The Morgan fingerprint density at radius 3 is 2.87 bits per heavy atom. The topological polar surface area (TPSA) is 53.3 Å². The highest BCUT2D eigenvalue weighted by Gasteiger charge is 2.37. The molecule has 0 saturated heterocycles. The summed E-state index contributed by atoms with van der Waals surface area (Å²) >= 11 is 5.91. The molecule has 0 spiro atoms. The van der Waals surface area contributed by atoms with Gasteiger partial charge in [-0.25, -0.2) is 0 Å². The molecule has 23 heavy (non-hydrogen) atoms. The van der Waals surface area contributed by atoms with Crippen molar-refractivity contribution in [3.05, 3.63) is 28.8 Å². The molecule has 0 aromatic heterocycles. The van der Waals surface area contributed by atoms with Crippen molar-refractivity contribution in [2.75, 3.05) is 19.7 Å². The quantitative estimate of drug-likeness (QED) is 0.838. The molecule has 2 rings (SSSR count). The van der Waals surface area contributed by atoms with Gasteiger partial charge in [0.25, 0.3) is 0 Å². The van der Waals surface area contributed by atoms with Crippen molar-refractivity contribution in [1.29, 1.82) is 5.26 Å². The summed E-state index contributed by atoms with van der Waals surface area (Å²) in [5.41, 5.74) is 0.484. The van der Waals surface area contributed by atoms with Gasteiger partial charge in [-0.1, -0.05) is 11.6 Å². The first-order valence-electron chi connectivity index (χ1n) is 6.96. The molecule has 4 nitrogen and oxygen atoms in total. The third-order valence-electron chi connectivity index (χ3n) is 3.48. The molecule has 0 aliphatic carbocycles. The second kappa shape index (κ2) is 7.09. The number of nitriles is 1. The highest BCUT2D eigenvalue weighted by molar-refractivity contribution is 6.30. The molecule has 1 aromatic rings. The van der Waals surface area contributed by atoms with Crippen LogP contribution in [0, 0.1) is 11.3 Å². The van der Waals surface area contributed by atoms with Crippen molar-refractivity contribution in [3.8, 4) is 11.8 Å². The first kappa shape index (κ1) is 17.4. The molecule has 1 aliphatic rings. The van der Waals surface area contributed by atoms with Gasteiger partial charge in [0.15, 0.2) is 0 Å². The molecule has 124 valence electrons. The van der Waals surface area contributed by atoms with Gasteiger partial charge in [-0.3, -0.25) is 4.79 Å². The average molecular weight is 347 g/mol. The fraction of sp³-hybridized carbons (Fsp3) is 0.467. The van der Waals surface area contributed by atoms with E-state index in [-0.39, 0.29) is 26.0 Å². The highest BCUT2D eigenvalue weighted by Crippen LogP contribution is 2.37. The van der Waals surface area contributed by atoms with Gasteiger partial charge in [0, 0.05) is 17.1 Å². The lowest BCUT2D eigenvalue weighted by Gasteiger charge is -2.31. The molecule has 0 radical (unpaired) electrons. The van der Waals surface area contributed by atoms with Gasteiger partial charge in [0.05, 0.1) is 25.0 Å². The van der Waals surface area contributed by atoms with Gasteiger partial charge in [0.2, 0.25) is 5.91 Å². The van der Waals surface area contributed by atoms with Gasteiger partial charge in [0.1, 0.15) is 12.3 Å². The summed E-state index contributed by atoms with van der Waals surface area (Å²) in [5, 5.41) is 8.97. The Kier molecular flexibility index (Phi) is 5.37. The molecule has 1 atom stereocenters. The minimum absolute atomic E-state index is 0.159. The maximum absolute atomic E-state index is 12.7. The van der Waals surface area contributed by atoms with Crippen LogP contribution < -0.4 is 4.74 Å². The maximum Gasteiger partial charge on any atom is 0.406 e. The summed E-state index contributed by atoms with van der Waals surface area (Å²) in [6, 6.07) is 6.49. The summed E-state index contributed by atoms with van der Waals surface area (Å²) < 4.78 is 43.5. The lowest BCUT2D eigenvalue weighted by molar-refractivity contribution is -0.162.